The smallest absolute Gasteiger partial charge is 0.261 e. The number of carbonyl (C=O) groups excluding carboxylic acids is 2. The van der Waals surface area contributed by atoms with E-state index in [2.05, 4.69) is 20.7 Å². The van der Waals surface area contributed by atoms with Crippen molar-refractivity contribution in [2.45, 2.75) is 19.5 Å². The van der Waals surface area contributed by atoms with Crippen LogP contribution in [0.3, 0.4) is 0 Å². The van der Waals surface area contributed by atoms with E-state index in [0.717, 1.165) is 11.1 Å². The first-order valence-corrected chi connectivity index (χ1v) is 10.8. The Hall–Kier alpha value is -3.76. The van der Waals surface area contributed by atoms with Crippen LogP contribution in [0, 0.1) is 0 Å². The summed E-state index contributed by atoms with van der Waals surface area (Å²) in [7, 11) is 0. The third kappa shape index (κ3) is 4.61. The Balaban J connectivity index is 1.60. The molecular formula is C22H22N6O3S. The van der Waals surface area contributed by atoms with Gasteiger partial charge in [-0.15, -0.1) is 16.4 Å². The molecule has 4 aromatic rings. The van der Waals surface area contributed by atoms with E-state index in [0.29, 0.717) is 22.6 Å². The van der Waals surface area contributed by atoms with Crippen LogP contribution in [-0.2, 0) is 6.54 Å². The quantitative estimate of drug-likeness (QED) is 0.341. The average Bonchev–Trinajstić information content (AvgIpc) is 3.43. The molecule has 32 heavy (non-hydrogen) atoms. The minimum Gasteiger partial charge on any atom is -0.394 e. The maximum atomic E-state index is 12.7. The predicted octanol–water partition coefficient (Wildman–Crippen LogP) is 2.08. The Bertz CT molecular complexity index is 1270. The second kappa shape index (κ2) is 9.16. The molecule has 5 N–H and O–H groups in total. The van der Waals surface area contributed by atoms with Gasteiger partial charge in [0, 0.05) is 24.3 Å². The first-order valence-electron chi connectivity index (χ1n) is 9.93. The minimum absolute atomic E-state index is 0.0395. The molecule has 3 aromatic heterocycles. The number of rotatable bonds is 7. The zero-order valence-corrected chi connectivity index (χ0v) is 18.1. The number of aliphatic hydroxyl groups is 1. The fourth-order valence-corrected chi connectivity index (χ4v) is 3.98. The van der Waals surface area contributed by atoms with Gasteiger partial charge in [0.25, 0.3) is 11.8 Å². The van der Waals surface area contributed by atoms with Gasteiger partial charge in [-0.25, -0.2) is 4.52 Å². The summed E-state index contributed by atoms with van der Waals surface area (Å²) in [5, 5.41) is 20.8. The number of nitrogens with two attached hydrogens (primary N) is 1. The fraction of sp³-hybridized carbons (Fsp3) is 0.182. The lowest BCUT2D eigenvalue weighted by Gasteiger charge is -2.12. The lowest BCUT2D eigenvalue weighted by molar-refractivity contribution is 0.0921. The highest BCUT2D eigenvalue weighted by atomic mass is 32.1. The van der Waals surface area contributed by atoms with Crippen molar-refractivity contribution in [2.24, 2.45) is 0 Å². The first-order chi connectivity index (χ1) is 15.4. The highest BCUT2D eigenvalue weighted by molar-refractivity contribution is 7.12. The summed E-state index contributed by atoms with van der Waals surface area (Å²) in [6, 6.07) is 12.7. The Morgan fingerprint density at radius 1 is 1.19 bits per heavy atom. The van der Waals surface area contributed by atoms with Gasteiger partial charge in [0.1, 0.15) is 0 Å². The summed E-state index contributed by atoms with van der Waals surface area (Å²) in [6.45, 7) is 1.93. The van der Waals surface area contributed by atoms with E-state index in [9.17, 15) is 14.7 Å². The van der Waals surface area contributed by atoms with E-state index in [1.54, 1.807) is 25.3 Å². The lowest BCUT2D eigenvalue weighted by Crippen LogP contribution is -2.35. The standard InChI is InChI=1S/C22H22N6O3S/c1-13(11-29)25-20(30)17-7-15(10-28-19(17)26-22(23)27-28)16-8-18(32-12-16)21(31)24-9-14-5-3-2-4-6-14/h2-8,10,12-13,29H,9,11H2,1H3,(H2,23,27)(H,24,31)(H,25,30)/t13-/m0/s1. The maximum absolute atomic E-state index is 12.7. The van der Waals surface area contributed by atoms with Crippen LogP contribution in [0.1, 0.15) is 32.5 Å². The molecule has 0 aliphatic rings. The van der Waals surface area contributed by atoms with Gasteiger partial charge in [-0.3, -0.25) is 9.59 Å². The molecule has 3 heterocycles. The largest absolute Gasteiger partial charge is 0.394 e. The molecule has 10 heteroatoms. The summed E-state index contributed by atoms with van der Waals surface area (Å²) in [6.07, 6.45) is 1.71. The zero-order chi connectivity index (χ0) is 22.7. The molecule has 0 aliphatic heterocycles. The van der Waals surface area contributed by atoms with Crippen LogP contribution in [0.2, 0.25) is 0 Å². The third-order valence-corrected chi connectivity index (χ3v) is 5.73. The summed E-state index contributed by atoms with van der Waals surface area (Å²) in [5.74, 6) is -0.537. The number of anilines is 1. The molecule has 1 atom stereocenters. The Kier molecular flexibility index (Phi) is 6.15. The lowest BCUT2D eigenvalue weighted by atomic mass is 10.1. The first kappa shape index (κ1) is 21.5. The van der Waals surface area contributed by atoms with Gasteiger partial charge >= 0.3 is 0 Å². The van der Waals surface area contributed by atoms with Gasteiger partial charge < -0.3 is 21.5 Å². The molecule has 0 fully saturated rings. The summed E-state index contributed by atoms with van der Waals surface area (Å²) >= 11 is 1.31. The highest BCUT2D eigenvalue weighted by Crippen LogP contribution is 2.28. The molecule has 0 radical (unpaired) electrons. The van der Waals surface area contributed by atoms with Crippen molar-refractivity contribution in [3.63, 3.8) is 0 Å². The van der Waals surface area contributed by atoms with E-state index < -0.39 is 11.9 Å². The summed E-state index contributed by atoms with van der Waals surface area (Å²) in [4.78, 5) is 30.0. The molecule has 164 valence electrons. The number of amides is 2. The number of nitrogens with one attached hydrogen (secondary N) is 2. The number of aliphatic hydroxyl groups excluding tert-OH is 1. The van der Waals surface area contributed by atoms with Crippen LogP contribution in [0.25, 0.3) is 16.8 Å². The predicted molar refractivity (Wildman–Crippen MR) is 122 cm³/mol. The molecule has 0 aliphatic carbocycles. The van der Waals surface area contributed by atoms with E-state index >= 15 is 0 Å². The van der Waals surface area contributed by atoms with Gasteiger partial charge in [0.15, 0.2) is 5.65 Å². The minimum atomic E-state index is -0.424. The molecule has 4 rings (SSSR count). The summed E-state index contributed by atoms with van der Waals surface area (Å²) < 4.78 is 1.44. The normalized spacial score (nSPS) is 11.9. The zero-order valence-electron chi connectivity index (χ0n) is 17.3. The number of thiophene rings is 1. The van der Waals surface area contributed by atoms with Crippen molar-refractivity contribution >= 4 is 34.7 Å². The molecule has 0 unspecified atom stereocenters. The van der Waals surface area contributed by atoms with Gasteiger partial charge in [-0.05, 0) is 35.6 Å². The van der Waals surface area contributed by atoms with Crippen LogP contribution in [0.4, 0.5) is 5.95 Å². The van der Waals surface area contributed by atoms with Gasteiger partial charge in [-0.2, -0.15) is 4.98 Å². The number of carbonyl (C=O) groups is 2. The van der Waals surface area contributed by atoms with E-state index in [-0.39, 0.29) is 24.0 Å². The van der Waals surface area contributed by atoms with Gasteiger partial charge in [0.2, 0.25) is 5.95 Å². The number of nitrogens with zero attached hydrogens (tertiary/aromatic N) is 3. The Labute approximate surface area is 187 Å². The number of nitrogen functional groups attached to an aromatic ring is 1. The molecular weight excluding hydrogens is 428 g/mol. The highest BCUT2D eigenvalue weighted by Gasteiger charge is 2.19. The van der Waals surface area contributed by atoms with Gasteiger partial charge in [-0.1, -0.05) is 30.3 Å². The van der Waals surface area contributed by atoms with E-state index in [1.165, 1.54) is 15.9 Å². The SMILES string of the molecule is C[C@@H](CO)NC(=O)c1cc(-c2csc(C(=O)NCc3ccccc3)c2)cn2nc(N)nc12. The molecule has 2 amide bonds. The van der Waals surface area contributed by atoms with Crippen LogP contribution in [-0.4, -0.2) is 44.2 Å². The number of hydrogen-bond donors (Lipinski definition) is 4. The number of hydrogen-bond acceptors (Lipinski definition) is 7. The van der Waals surface area contributed by atoms with Crippen molar-refractivity contribution in [3.8, 4) is 11.1 Å². The van der Waals surface area contributed by atoms with Crippen molar-refractivity contribution in [2.75, 3.05) is 12.3 Å². The van der Waals surface area contributed by atoms with Crippen molar-refractivity contribution in [3.05, 3.63) is 70.0 Å². The Morgan fingerprint density at radius 2 is 1.97 bits per heavy atom. The molecule has 0 saturated heterocycles. The number of pyridine rings is 1. The second-order valence-electron chi connectivity index (χ2n) is 7.31. The molecule has 1 aromatic carbocycles. The molecule has 9 nitrogen and oxygen atoms in total. The molecule has 0 spiro atoms. The second-order valence-corrected chi connectivity index (χ2v) is 8.22. The van der Waals surface area contributed by atoms with E-state index in [4.69, 9.17) is 5.73 Å². The van der Waals surface area contributed by atoms with Crippen molar-refractivity contribution in [1.29, 1.82) is 0 Å². The third-order valence-electron chi connectivity index (χ3n) is 4.80. The maximum Gasteiger partial charge on any atom is 0.261 e. The van der Waals surface area contributed by atoms with Crippen LogP contribution >= 0.6 is 11.3 Å². The monoisotopic (exact) mass is 450 g/mol. The number of benzene rings is 1. The fourth-order valence-electron chi connectivity index (χ4n) is 3.15. The molecule has 0 bridgehead atoms. The topological polar surface area (TPSA) is 135 Å². The van der Waals surface area contributed by atoms with Crippen LogP contribution in [0.5, 0.6) is 0 Å². The van der Waals surface area contributed by atoms with Crippen LogP contribution < -0.4 is 16.4 Å². The van der Waals surface area contributed by atoms with E-state index in [1.807, 2.05) is 35.7 Å². The number of fused-ring (bicyclic) bond motifs is 1. The van der Waals surface area contributed by atoms with Gasteiger partial charge in [0.05, 0.1) is 17.0 Å². The summed E-state index contributed by atoms with van der Waals surface area (Å²) in [5.41, 5.74) is 8.78. The Morgan fingerprint density at radius 3 is 2.72 bits per heavy atom. The average molecular weight is 451 g/mol. The van der Waals surface area contributed by atoms with Crippen molar-refractivity contribution < 1.29 is 14.7 Å². The van der Waals surface area contributed by atoms with Crippen LogP contribution in [0.15, 0.2) is 54.0 Å². The molecule has 0 saturated carbocycles. The van der Waals surface area contributed by atoms with Crippen molar-refractivity contribution in [1.82, 2.24) is 25.2 Å². The number of aromatic nitrogens is 3.